The van der Waals surface area contributed by atoms with Crippen LogP contribution in [0.3, 0.4) is 0 Å². The molecule has 1 fully saturated rings. The normalized spacial score (nSPS) is 16.6. The van der Waals surface area contributed by atoms with Crippen molar-refractivity contribution in [2.75, 3.05) is 4.90 Å². The molecule has 0 bridgehead atoms. The van der Waals surface area contributed by atoms with Crippen LogP contribution in [0, 0.1) is 6.92 Å². The summed E-state index contributed by atoms with van der Waals surface area (Å²) in [4.78, 5) is 14.1. The molecule has 0 spiro atoms. The van der Waals surface area contributed by atoms with Crippen molar-refractivity contribution in [3.8, 4) is 0 Å². The quantitative estimate of drug-likeness (QED) is 0.658. The topological polar surface area (TPSA) is 20.3 Å². The maximum Gasteiger partial charge on any atom is 0.231 e. The highest BCUT2D eigenvalue weighted by atomic mass is 16.2. The molecule has 1 aromatic carbocycles. The van der Waals surface area contributed by atoms with Gasteiger partial charge in [-0.05, 0) is 38.3 Å². The van der Waals surface area contributed by atoms with Crippen LogP contribution in [0.15, 0.2) is 49.7 Å². The third-order valence-corrected chi connectivity index (χ3v) is 3.46. The van der Waals surface area contributed by atoms with Crippen molar-refractivity contribution in [3.05, 3.63) is 55.3 Å². The van der Waals surface area contributed by atoms with Crippen molar-refractivity contribution in [1.82, 2.24) is 0 Å². The molecular formula is C18H25NO. The lowest BCUT2D eigenvalue weighted by atomic mass is 10.1. The van der Waals surface area contributed by atoms with Gasteiger partial charge in [0.25, 0.3) is 0 Å². The molecule has 20 heavy (non-hydrogen) atoms. The van der Waals surface area contributed by atoms with Gasteiger partial charge in [0.05, 0.1) is 0 Å². The first-order valence-corrected chi connectivity index (χ1v) is 7.26. The van der Waals surface area contributed by atoms with Gasteiger partial charge < -0.3 is 0 Å². The summed E-state index contributed by atoms with van der Waals surface area (Å²) in [5.41, 5.74) is 3.10. The number of aryl methyl sites for hydroxylation is 1. The number of hydrogen-bond donors (Lipinski definition) is 0. The van der Waals surface area contributed by atoms with Crippen LogP contribution in [-0.2, 0) is 4.79 Å². The molecule has 1 heterocycles. The summed E-state index contributed by atoms with van der Waals surface area (Å²) in [5.74, 6) is 0.186. The van der Waals surface area contributed by atoms with Crippen LogP contribution >= 0.6 is 0 Å². The minimum Gasteiger partial charge on any atom is -0.285 e. The molecule has 2 heteroatoms. The smallest absolute Gasteiger partial charge is 0.231 e. The summed E-state index contributed by atoms with van der Waals surface area (Å²) in [7, 11) is 0. The summed E-state index contributed by atoms with van der Waals surface area (Å²) >= 11 is 0. The minimum absolute atomic E-state index is 0.186. The van der Waals surface area contributed by atoms with Crippen LogP contribution in [0.5, 0.6) is 0 Å². The SMILES string of the molecule is C=C.C=C1CCCCCCC(=O)N1c1ccc(C)cc1. The maximum atomic E-state index is 12.3. The Morgan fingerprint density at radius 1 is 0.950 bits per heavy atom. The van der Waals surface area contributed by atoms with Crippen LogP contribution in [0.25, 0.3) is 0 Å². The number of nitrogens with zero attached hydrogens (tertiary/aromatic N) is 1. The number of benzene rings is 1. The molecule has 1 aromatic rings. The fraction of sp³-hybridized carbons (Fsp3) is 0.389. The molecule has 0 aliphatic carbocycles. The number of allylic oxidation sites excluding steroid dienone is 1. The number of anilines is 1. The Balaban J connectivity index is 0.000000956. The number of rotatable bonds is 1. The highest BCUT2D eigenvalue weighted by molar-refractivity contribution is 5.96. The highest BCUT2D eigenvalue weighted by Crippen LogP contribution is 2.25. The van der Waals surface area contributed by atoms with Crippen molar-refractivity contribution < 1.29 is 4.79 Å². The van der Waals surface area contributed by atoms with E-state index in [0.717, 1.165) is 37.1 Å². The van der Waals surface area contributed by atoms with Crippen LogP contribution in [-0.4, -0.2) is 5.91 Å². The first-order chi connectivity index (χ1) is 9.68. The summed E-state index contributed by atoms with van der Waals surface area (Å²) in [6.45, 7) is 12.1. The molecule has 1 aliphatic heterocycles. The molecule has 1 amide bonds. The fourth-order valence-electron chi connectivity index (χ4n) is 2.38. The van der Waals surface area contributed by atoms with Crippen LogP contribution in [0.4, 0.5) is 5.69 Å². The Morgan fingerprint density at radius 2 is 1.50 bits per heavy atom. The van der Waals surface area contributed by atoms with E-state index in [0.29, 0.717) is 6.42 Å². The van der Waals surface area contributed by atoms with E-state index in [-0.39, 0.29) is 5.91 Å². The van der Waals surface area contributed by atoms with Crippen molar-refractivity contribution in [2.24, 2.45) is 0 Å². The summed E-state index contributed by atoms with van der Waals surface area (Å²) < 4.78 is 0. The fourth-order valence-corrected chi connectivity index (χ4v) is 2.38. The van der Waals surface area contributed by atoms with Crippen molar-refractivity contribution >= 4 is 11.6 Å². The van der Waals surface area contributed by atoms with E-state index >= 15 is 0 Å². The Hall–Kier alpha value is -1.83. The van der Waals surface area contributed by atoms with E-state index in [4.69, 9.17) is 0 Å². The zero-order valence-corrected chi connectivity index (χ0v) is 12.5. The van der Waals surface area contributed by atoms with Gasteiger partial charge in [0.15, 0.2) is 0 Å². The van der Waals surface area contributed by atoms with E-state index in [9.17, 15) is 4.79 Å². The second-order valence-corrected chi connectivity index (χ2v) is 5.05. The molecule has 2 nitrogen and oxygen atoms in total. The lowest BCUT2D eigenvalue weighted by molar-refractivity contribution is -0.118. The van der Waals surface area contributed by atoms with Gasteiger partial charge in [0.2, 0.25) is 5.91 Å². The average molecular weight is 271 g/mol. The second kappa shape index (κ2) is 8.36. The van der Waals surface area contributed by atoms with Crippen molar-refractivity contribution in [3.63, 3.8) is 0 Å². The Morgan fingerprint density at radius 3 is 2.10 bits per heavy atom. The molecule has 0 saturated carbocycles. The van der Waals surface area contributed by atoms with E-state index < -0.39 is 0 Å². The van der Waals surface area contributed by atoms with Gasteiger partial charge in [0.1, 0.15) is 0 Å². The van der Waals surface area contributed by atoms with Gasteiger partial charge in [-0.15, -0.1) is 13.2 Å². The molecule has 0 atom stereocenters. The third kappa shape index (κ3) is 4.37. The van der Waals surface area contributed by atoms with Crippen molar-refractivity contribution in [1.29, 1.82) is 0 Å². The molecule has 2 rings (SSSR count). The molecule has 108 valence electrons. The average Bonchev–Trinajstić information content (AvgIpc) is 2.54. The molecular weight excluding hydrogens is 246 g/mol. The monoisotopic (exact) mass is 271 g/mol. The van der Waals surface area contributed by atoms with E-state index in [1.54, 1.807) is 0 Å². The van der Waals surface area contributed by atoms with Crippen LogP contribution in [0.2, 0.25) is 0 Å². The first kappa shape index (κ1) is 16.2. The summed E-state index contributed by atoms with van der Waals surface area (Å²) in [6.07, 6.45) is 6.03. The lowest BCUT2D eigenvalue weighted by Crippen LogP contribution is -2.29. The van der Waals surface area contributed by atoms with Gasteiger partial charge in [-0.1, -0.05) is 37.1 Å². The predicted octanol–water partition coefficient (Wildman–Crippen LogP) is 5.00. The zero-order chi connectivity index (χ0) is 15.0. The number of hydrogen-bond acceptors (Lipinski definition) is 1. The molecule has 0 radical (unpaired) electrons. The third-order valence-electron chi connectivity index (χ3n) is 3.46. The number of carbonyl (C=O) groups excluding carboxylic acids is 1. The van der Waals surface area contributed by atoms with E-state index in [1.165, 1.54) is 12.0 Å². The summed E-state index contributed by atoms with van der Waals surface area (Å²) in [5, 5.41) is 0. The highest BCUT2D eigenvalue weighted by Gasteiger charge is 2.19. The molecule has 1 saturated heterocycles. The minimum atomic E-state index is 0.186. The van der Waals surface area contributed by atoms with Crippen LogP contribution in [0.1, 0.15) is 44.1 Å². The maximum absolute atomic E-state index is 12.3. The zero-order valence-electron chi connectivity index (χ0n) is 12.5. The standard InChI is InChI=1S/C16H21NO.C2H4/c1-13-9-11-15(12-10-13)17-14(2)7-5-3-4-6-8-16(17)18;1-2/h9-12H,2-8H2,1H3;1-2H2. The van der Waals surface area contributed by atoms with E-state index in [2.05, 4.69) is 26.7 Å². The van der Waals surface area contributed by atoms with E-state index in [1.807, 2.05) is 29.2 Å². The molecule has 0 unspecified atom stereocenters. The Labute approximate surface area is 122 Å². The largest absolute Gasteiger partial charge is 0.285 e. The molecule has 0 N–H and O–H groups in total. The molecule has 1 aliphatic rings. The predicted molar refractivity (Wildman–Crippen MR) is 86.8 cm³/mol. The number of carbonyl (C=O) groups is 1. The summed E-state index contributed by atoms with van der Waals surface area (Å²) in [6, 6.07) is 8.11. The van der Waals surface area contributed by atoms with Gasteiger partial charge >= 0.3 is 0 Å². The second-order valence-electron chi connectivity index (χ2n) is 5.05. The lowest BCUT2D eigenvalue weighted by Gasteiger charge is -2.24. The Kier molecular flexibility index (Phi) is 6.78. The molecule has 0 aromatic heterocycles. The first-order valence-electron chi connectivity index (χ1n) is 7.26. The van der Waals surface area contributed by atoms with Gasteiger partial charge in [-0.2, -0.15) is 0 Å². The van der Waals surface area contributed by atoms with Gasteiger partial charge in [-0.25, -0.2) is 0 Å². The van der Waals surface area contributed by atoms with Crippen molar-refractivity contribution in [2.45, 2.75) is 45.4 Å². The Bertz CT molecular complexity index is 427. The van der Waals surface area contributed by atoms with Gasteiger partial charge in [0, 0.05) is 17.8 Å². The van der Waals surface area contributed by atoms with Crippen LogP contribution < -0.4 is 4.90 Å². The number of amides is 1. The van der Waals surface area contributed by atoms with Gasteiger partial charge in [-0.3, -0.25) is 9.69 Å².